The van der Waals surface area contributed by atoms with Crippen LogP contribution in [0.15, 0.2) is 24.3 Å². The highest BCUT2D eigenvalue weighted by Gasteiger charge is 2.23. The number of fused-ring (bicyclic) bond motifs is 3. The third-order valence-electron chi connectivity index (χ3n) is 4.34. The van der Waals surface area contributed by atoms with Crippen LogP contribution >= 0.6 is 24.8 Å². The Labute approximate surface area is 145 Å². The molecule has 2 aromatic rings. The molecule has 1 aromatic carbocycles. The highest BCUT2D eigenvalue weighted by atomic mass is 35.5. The van der Waals surface area contributed by atoms with Crippen LogP contribution in [0.4, 0.5) is 0 Å². The molecule has 3 nitrogen and oxygen atoms in total. The van der Waals surface area contributed by atoms with Crippen molar-refractivity contribution in [2.24, 2.45) is 0 Å². The smallest absolute Gasteiger partial charge is 0.0485 e. The van der Waals surface area contributed by atoms with Crippen LogP contribution in [0.5, 0.6) is 0 Å². The summed E-state index contributed by atoms with van der Waals surface area (Å²) < 4.78 is 2.55. The first-order valence-corrected chi connectivity index (χ1v) is 7.66. The lowest BCUT2D eigenvalue weighted by Gasteiger charge is -2.24. The van der Waals surface area contributed by atoms with Gasteiger partial charge in [0, 0.05) is 29.2 Å². The van der Waals surface area contributed by atoms with Crippen LogP contribution < -0.4 is 5.32 Å². The molecule has 3 rings (SSSR count). The van der Waals surface area contributed by atoms with E-state index in [1.165, 1.54) is 23.0 Å². The molecule has 0 amide bonds. The topological polar surface area (TPSA) is 20.2 Å². The Morgan fingerprint density at radius 1 is 1.23 bits per heavy atom. The Balaban J connectivity index is 0.00000121. The van der Waals surface area contributed by atoms with Gasteiger partial charge in [0.05, 0.1) is 0 Å². The van der Waals surface area contributed by atoms with Gasteiger partial charge in [-0.25, -0.2) is 0 Å². The molecule has 0 bridgehead atoms. The largest absolute Gasteiger partial charge is 0.343 e. The van der Waals surface area contributed by atoms with Gasteiger partial charge in [-0.3, -0.25) is 0 Å². The van der Waals surface area contributed by atoms with Crippen molar-refractivity contribution >= 4 is 35.7 Å². The number of nitrogens with one attached hydrogen (secondary N) is 1. The monoisotopic (exact) mass is 343 g/mol. The normalized spacial score (nSPS) is 17.0. The number of aryl methyl sites for hydroxylation is 1. The van der Waals surface area contributed by atoms with E-state index in [0.717, 1.165) is 26.1 Å². The molecule has 0 spiro atoms. The first kappa shape index (κ1) is 19.3. The molecular weight excluding hydrogens is 317 g/mol. The predicted octanol–water partition coefficient (Wildman–Crippen LogP) is 3.64. The van der Waals surface area contributed by atoms with Gasteiger partial charge in [0.2, 0.25) is 0 Å². The molecule has 1 aromatic heterocycles. The minimum atomic E-state index is 0. The molecule has 1 atom stereocenters. The summed E-state index contributed by atoms with van der Waals surface area (Å²) >= 11 is 0. The van der Waals surface area contributed by atoms with Crippen LogP contribution in [-0.4, -0.2) is 36.7 Å². The van der Waals surface area contributed by atoms with Crippen LogP contribution in [-0.2, 0) is 13.0 Å². The van der Waals surface area contributed by atoms with Gasteiger partial charge in [0.25, 0.3) is 0 Å². The maximum atomic E-state index is 3.61. The highest BCUT2D eigenvalue weighted by molar-refractivity contribution is 5.86. The first-order valence-electron chi connectivity index (χ1n) is 7.66. The van der Waals surface area contributed by atoms with Crippen molar-refractivity contribution in [3.63, 3.8) is 0 Å². The molecule has 2 heterocycles. The Morgan fingerprint density at radius 2 is 1.95 bits per heavy atom. The molecule has 0 aliphatic carbocycles. The summed E-state index contributed by atoms with van der Waals surface area (Å²) in [4.78, 5) is 2.26. The quantitative estimate of drug-likeness (QED) is 0.914. The fourth-order valence-corrected chi connectivity index (χ4v) is 3.45. The van der Waals surface area contributed by atoms with Gasteiger partial charge in [-0.15, -0.1) is 24.8 Å². The molecule has 22 heavy (non-hydrogen) atoms. The molecule has 1 unspecified atom stereocenters. The molecule has 1 aliphatic heterocycles. The number of halogens is 2. The van der Waals surface area contributed by atoms with Crippen LogP contribution in [0.2, 0.25) is 0 Å². The van der Waals surface area contributed by atoms with Crippen molar-refractivity contribution < 1.29 is 0 Å². The molecule has 0 radical (unpaired) electrons. The summed E-state index contributed by atoms with van der Waals surface area (Å²) in [6.07, 6.45) is 2.35. The minimum absolute atomic E-state index is 0. The summed E-state index contributed by atoms with van der Waals surface area (Å²) in [5, 5.41) is 5.07. The van der Waals surface area contributed by atoms with E-state index in [1.807, 2.05) is 0 Å². The molecule has 1 N–H and O–H groups in total. The van der Waals surface area contributed by atoms with E-state index in [0.29, 0.717) is 6.04 Å². The van der Waals surface area contributed by atoms with Crippen LogP contribution in [0.3, 0.4) is 0 Å². The Morgan fingerprint density at radius 3 is 2.68 bits per heavy atom. The zero-order valence-corrected chi connectivity index (χ0v) is 15.3. The van der Waals surface area contributed by atoms with Crippen molar-refractivity contribution in [1.29, 1.82) is 0 Å². The number of nitrogens with zero attached hydrogens (tertiary/aromatic N) is 2. The Bertz CT molecular complexity index is 607. The van der Waals surface area contributed by atoms with Gasteiger partial charge in [-0.05, 0) is 58.6 Å². The second kappa shape index (κ2) is 8.21. The number of benzene rings is 1. The number of para-hydroxylation sites is 1. The lowest BCUT2D eigenvalue weighted by molar-refractivity contribution is 0.383. The second-order valence-electron chi connectivity index (χ2n) is 6.12. The fourth-order valence-electron chi connectivity index (χ4n) is 3.45. The van der Waals surface area contributed by atoms with Crippen molar-refractivity contribution in [3.05, 3.63) is 35.5 Å². The summed E-state index contributed by atoms with van der Waals surface area (Å²) in [7, 11) is 4.29. The Kier molecular flexibility index (Phi) is 7.20. The van der Waals surface area contributed by atoms with Crippen molar-refractivity contribution in [2.45, 2.75) is 32.4 Å². The molecule has 5 heteroatoms. The second-order valence-corrected chi connectivity index (χ2v) is 6.12. The zero-order chi connectivity index (χ0) is 14.1. The van der Waals surface area contributed by atoms with E-state index < -0.39 is 0 Å². The van der Waals surface area contributed by atoms with Gasteiger partial charge < -0.3 is 14.8 Å². The minimum Gasteiger partial charge on any atom is -0.343 e. The standard InChI is InChI=1S/C17H25N3.2ClH/c1-13-17-15(9-10-18-13)14-7-4-5-8-16(14)20(17)12-6-11-19(2)3;;/h4-5,7-8,13,18H,6,9-12H2,1-3H3;2*1H. The first-order chi connectivity index (χ1) is 9.68. The highest BCUT2D eigenvalue weighted by Crippen LogP contribution is 2.33. The molecule has 0 fully saturated rings. The number of rotatable bonds is 4. The van der Waals surface area contributed by atoms with Crippen LogP contribution in [0.1, 0.15) is 30.6 Å². The molecular formula is C17H27Cl2N3. The number of hydrogen-bond acceptors (Lipinski definition) is 2. The molecule has 1 aliphatic rings. The fraction of sp³-hybridized carbons (Fsp3) is 0.529. The van der Waals surface area contributed by atoms with Crippen LogP contribution in [0, 0.1) is 0 Å². The lowest BCUT2D eigenvalue weighted by atomic mass is 10.0. The molecule has 124 valence electrons. The average Bonchev–Trinajstić information content (AvgIpc) is 2.75. The van der Waals surface area contributed by atoms with Crippen LogP contribution in [0.25, 0.3) is 10.9 Å². The van der Waals surface area contributed by atoms with Gasteiger partial charge in [0.15, 0.2) is 0 Å². The van der Waals surface area contributed by atoms with Crippen molar-refractivity contribution in [2.75, 3.05) is 27.2 Å². The van der Waals surface area contributed by atoms with Gasteiger partial charge in [-0.2, -0.15) is 0 Å². The number of hydrogen-bond donors (Lipinski definition) is 1. The number of aromatic nitrogens is 1. The van der Waals surface area contributed by atoms with Crippen molar-refractivity contribution in [3.8, 4) is 0 Å². The predicted molar refractivity (Wildman–Crippen MR) is 99.7 cm³/mol. The van der Waals surface area contributed by atoms with E-state index in [1.54, 1.807) is 5.56 Å². The third kappa shape index (κ3) is 3.60. The van der Waals surface area contributed by atoms with Gasteiger partial charge >= 0.3 is 0 Å². The summed E-state index contributed by atoms with van der Waals surface area (Å²) in [5.41, 5.74) is 4.49. The summed E-state index contributed by atoms with van der Waals surface area (Å²) in [6, 6.07) is 9.35. The zero-order valence-electron chi connectivity index (χ0n) is 13.6. The summed E-state index contributed by atoms with van der Waals surface area (Å²) in [5.74, 6) is 0. The third-order valence-corrected chi connectivity index (χ3v) is 4.34. The van der Waals surface area contributed by atoms with E-state index in [9.17, 15) is 0 Å². The van der Waals surface area contributed by atoms with E-state index in [2.05, 4.69) is 60.1 Å². The van der Waals surface area contributed by atoms with Gasteiger partial charge in [-0.1, -0.05) is 18.2 Å². The average molecular weight is 344 g/mol. The lowest BCUT2D eigenvalue weighted by Crippen LogP contribution is -2.29. The van der Waals surface area contributed by atoms with E-state index in [-0.39, 0.29) is 24.8 Å². The van der Waals surface area contributed by atoms with E-state index >= 15 is 0 Å². The molecule has 0 saturated heterocycles. The van der Waals surface area contributed by atoms with Gasteiger partial charge in [0.1, 0.15) is 0 Å². The maximum Gasteiger partial charge on any atom is 0.0485 e. The van der Waals surface area contributed by atoms with Crippen molar-refractivity contribution in [1.82, 2.24) is 14.8 Å². The SMILES string of the molecule is CC1NCCc2c1n(CCCN(C)C)c1ccccc21.Cl.Cl. The Hall–Kier alpha value is -0.740. The summed E-state index contributed by atoms with van der Waals surface area (Å²) in [6.45, 7) is 5.64. The van der Waals surface area contributed by atoms with E-state index in [4.69, 9.17) is 0 Å². The maximum absolute atomic E-state index is 3.61. The molecule has 0 saturated carbocycles.